The van der Waals surface area contributed by atoms with Crippen molar-refractivity contribution in [1.29, 1.82) is 0 Å². The van der Waals surface area contributed by atoms with Crippen molar-refractivity contribution >= 4 is 27.5 Å². The number of rotatable bonds is 3. The van der Waals surface area contributed by atoms with Crippen LogP contribution in [-0.2, 0) is 16.1 Å². The second kappa shape index (κ2) is 8.45. The highest BCUT2D eigenvalue weighted by atomic mass is 79.9. The predicted octanol–water partition coefficient (Wildman–Crippen LogP) is 2.91. The van der Waals surface area contributed by atoms with Crippen molar-refractivity contribution in [1.82, 2.24) is 13.9 Å². The first-order valence-corrected chi connectivity index (χ1v) is 12.4. The number of nitrogens with zero attached hydrogens (tertiary/aromatic N) is 3. The Bertz CT molecular complexity index is 1720. The molecule has 1 aliphatic heterocycles. The summed E-state index contributed by atoms with van der Waals surface area (Å²) in [6.45, 7) is 0.0798. The molecule has 0 radical (unpaired) electrons. The number of aromatic nitrogens is 3. The molecule has 2 atom stereocenters. The Labute approximate surface area is 218 Å². The minimum Gasteiger partial charge on any atom is -0.507 e. The number of phenols is 1. The van der Waals surface area contributed by atoms with Gasteiger partial charge in [-0.05, 0) is 45.8 Å². The Morgan fingerprint density at radius 1 is 1.00 bits per heavy atom. The van der Waals surface area contributed by atoms with Gasteiger partial charge < -0.3 is 9.84 Å². The largest absolute Gasteiger partial charge is 0.507 e. The van der Waals surface area contributed by atoms with Crippen molar-refractivity contribution in [3.8, 4) is 17.2 Å². The predicted molar refractivity (Wildman–Crippen MR) is 137 cm³/mol. The minimum absolute atomic E-state index is 0.0409. The van der Waals surface area contributed by atoms with E-state index < -0.39 is 23.3 Å². The van der Waals surface area contributed by atoms with E-state index in [9.17, 15) is 24.3 Å². The molecule has 2 aliphatic carbocycles. The summed E-state index contributed by atoms with van der Waals surface area (Å²) in [4.78, 5) is 53.6. The fraction of sp³-hybridized carbons (Fsp3) is 0.185. The number of benzene rings is 2. The summed E-state index contributed by atoms with van der Waals surface area (Å²) in [5, 5.41) is 10.9. The Morgan fingerprint density at radius 3 is 2.49 bits per heavy atom. The average Bonchev–Trinajstić information content (AvgIpc) is 3.16. The number of ketones is 2. The number of aromatic hydroxyl groups is 1. The fourth-order valence-corrected chi connectivity index (χ4v) is 6.06. The maximum Gasteiger partial charge on any atom is 0.352 e. The van der Waals surface area contributed by atoms with Crippen molar-refractivity contribution in [2.24, 2.45) is 0 Å². The van der Waals surface area contributed by atoms with E-state index in [2.05, 4.69) is 15.9 Å². The van der Waals surface area contributed by atoms with Crippen molar-refractivity contribution in [3.05, 3.63) is 108 Å². The number of hydrogen-bond donors (Lipinski definition) is 1. The molecule has 6 rings (SSSR count). The number of carbonyl (C=O) groups is 2. The third-order valence-corrected chi connectivity index (χ3v) is 7.75. The normalized spacial score (nSPS) is 20.6. The Hall–Kier alpha value is -4.18. The van der Waals surface area contributed by atoms with Gasteiger partial charge in [0.05, 0.1) is 29.9 Å². The van der Waals surface area contributed by atoms with E-state index in [4.69, 9.17) is 4.74 Å². The van der Waals surface area contributed by atoms with E-state index in [-0.39, 0.29) is 45.9 Å². The zero-order valence-electron chi connectivity index (χ0n) is 19.6. The van der Waals surface area contributed by atoms with Gasteiger partial charge in [0.25, 0.3) is 0 Å². The molecule has 0 amide bonds. The highest BCUT2D eigenvalue weighted by molar-refractivity contribution is 9.12. The third kappa shape index (κ3) is 3.28. The molecule has 0 saturated carbocycles. The zero-order valence-corrected chi connectivity index (χ0v) is 21.1. The molecule has 186 valence electrons. The Morgan fingerprint density at radius 2 is 1.76 bits per heavy atom. The van der Waals surface area contributed by atoms with Crippen LogP contribution in [0, 0.1) is 0 Å². The van der Waals surface area contributed by atoms with Gasteiger partial charge >= 0.3 is 11.4 Å². The smallest absolute Gasteiger partial charge is 0.352 e. The van der Waals surface area contributed by atoms with Crippen molar-refractivity contribution in [3.63, 3.8) is 0 Å². The molecule has 0 saturated heterocycles. The van der Waals surface area contributed by atoms with Crippen LogP contribution in [0.5, 0.6) is 11.5 Å². The number of para-hydroxylation sites is 1. The second-order valence-electron chi connectivity index (χ2n) is 8.99. The molecule has 3 aliphatic rings. The van der Waals surface area contributed by atoms with Gasteiger partial charge in [0.2, 0.25) is 0 Å². The average molecular weight is 562 g/mol. The highest BCUT2D eigenvalue weighted by Gasteiger charge is 2.46. The number of ether oxygens (including phenoxy) is 1. The molecule has 9 nitrogen and oxygen atoms in total. The quantitative estimate of drug-likeness (QED) is 0.388. The molecule has 0 fully saturated rings. The van der Waals surface area contributed by atoms with E-state index in [1.807, 2.05) is 0 Å². The molecular weight excluding hydrogens is 542 g/mol. The van der Waals surface area contributed by atoms with Crippen LogP contribution in [0.15, 0.2) is 91.5 Å². The molecule has 3 aromatic rings. The van der Waals surface area contributed by atoms with Gasteiger partial charge in [-0.15, -0.1) is 0 Å². The third-order valence-electron chi connectivity index (χ3n) is 7.16. The van der Waals surface area contributed by atoms with E-state index in [0.717, 1.165) is 4.57 Å². The summed E-state index contributed by atoms with van der Waals surface area (Å²) in [6, 6.07) is 12.6. The molecule has 0 bridgehead atoms. The number of Topliss-reactive ketones (excluding diaryl/α,β-unsaturated/α-hetero) is 1. The molecule has 2 heterocycles. The van der Waals surface area contributed by atoms with Crippen molar-refractivity contribution < 1.29 is 19.4 Å². The van der Waals surface area contributed by atoms with Crippen LogP contribution in [0.4, 0.5) is 0 Å². The highest BCUT2D eigenvalue weighted by Crippen LogP contribution is 2.53. The van der Waals surface area contributed by atoms with Crippen molar-refractivity contribution in [2.75, 3.05) is 7.11 Å². The van der Waals surface area contributed by atoms with E-state index in [0.29, 0.717) is 22.6 Å². The number of carbonyl (C=O) groups excluding carboxylic acids is 2. The number of allylic oxidation sites excluding steroid dienone is 6. The van der Waals surface area contributed by atoms with E-state index >= 15 is 0 Å². The maximum absolute atomic E-state index is 13.7. The first-order valence-electron chi connectivity index (χ1n) is 11.6. The zero-order chi connectivity index (χ0) is 26.0. The SMILES string of the molecule is COc1cccc(O)c1[C@H]1C2=CCn3c(=O)n(-c4ccccc4)c(=O)n3[C@@H]2CC2=C1C(=O)C=C(Br)C2=O. The van der Waals surface area contributed by atoms with E-state index in [1.54, 1.807) is 48.5 Å². The standard InChI is InChI=1S/C27H20BrN3O6/c1-37-21-9-5-8-19(32)24(21)23-15-10-11-29-26(35)30(14-6-3-2-4-7-14)27(36)31(29)18(15)12-16-22(23)20(33)13-17(28)25(16)34/h2-10,13,18,23,32H,11-12H2,1H3/t18-,23+/m1/s1. The number of halogens is 1. The summed E-state index contributed by atoms with van der Waals surface area (Å²) in [7, 11) is 1.45. The van der Waals surface area contributed by atoms with Gasteiger partial charge in [-0.2, -0.15) is 0 Å². The van der Waals surface area contributed by atoms with Gasteiger partial charge in [0, 0.05) is 35.1 Å². The fourth-order valence-electron chi connectivity index (χ4n) is 5.61. The first-order chi connectivity index (χ1) is 17.8. The molecule has 0 spiro atoms. The number of phenolic OH excluding ortho intramolecular Hbond substituents is 1. The van der Waals surface area contributed by atoms with Crippen LogP contribution in [0.1, 0.15) is 23.9 Å². The van der Waals surface area contributed by atoms with Gasteiger partial charge in [-0.3, -0.25) is 9.59 Å². The lowest BCUT2D eigenvalue weighted by Gasteiger charge is -2.39. The summed E-state index contributed by atoms with van der Waals surface area (Å²) in [5.41, 5.74) is 0.806. The lowest BCUT2D eigenvalue weighted by molar-refractivity contribution is -0.115. The van der Waals surface area contributed by atoms with E-state index in [1.165, 1.54) is 28.6 Å². The summed E-state index contributed by atoms with van der Waals surface area (Å²) in [5.74, 6) is -1.36. The molecule has 2 aromatic carbocycles. The van der Waals surface area contributed by atoms with Crippen molar-refractivity contribution in [2.45, 2.75) is 24.9 Å². The van der Waals surface area contributed by atoms with Gasteiger partial charge in [-0.25, -0.2) is 23.5 Å². The van der Waals surface area contributed by atoms with Gasteiger partial charge in [0.15, 0.2) is 11.6 Å². The summed E-state index contributed by atoms with van der Waals surface area (Å²) < 4.78 is 9.45. The first kappa shape index (κ1) is 23.2. The molecular formula is C27H20BrN3O6. The van der Waals surface area contributed by atoms with Crippen LogP contribution in [-0.4, -0.2) is 37.7 Å². The summed E-state index contributed by atoms with van der Waals surface area (Å²) in [6.07, 6.45) is 3.07. The Balaban J connectivity index is 1.63. The van der Waals surface area contributed by atoms with Crippen LogP contribution < -0.4 is 16.1 Å². The minimum atomic E-state index is -0.853. The maximum atomic E-state index is 13.7. The van der Waals surface area contributed by atoms with Crippen LogP contribution in [0.3, 0.4) is 0 Å². The molecule has 37 heavy (non-hydrogen) atoms. The second-order valence-corrected chi connectivity index (χ2v) is 9.85. The molecule has 10 heteroatoms. The lowest BCUT2D eigenvalue weighted by atomic mass is 9.68. The van der Waals surface area contributed by atoms with Gasteiger partial charge in [-0.1, -0.05) is 30.3 Å². The number of methoxy groups -OCH3 is 1. The molecule has 1 aromatic heterocycles. The summed E-state index contributed by atoms with van der Waals surface area (Å²) >= 11 is 3.20. The number of fused-ring (bicyclic) bond motifs is 3. The van der Waals surface area contributed by atoms with Gasteiger partial charge in [0.1, 0.15) is 11.5 Å². The van der Waals surface area contributed by atoms with Crippen LogP contribution in [0.25, 0.3) is 5.69 Å². The topological polar surface area (TPSA) is 113 Å². The van der Waals surface area contributed by atoms with Crippen LogP contribution >= 0.6 is 15.9 Å². The van der Waals surface area contributed by atoms with Crippen LogP contribution in [0.2, 0.25) is 0 Å². The number of hydrogen-bond acceptors (Lipinski definition) is 6. The molecule has 1 N–H and O–H groups in total. The Kier molecular flexibility index (Phi) is 5.30. The monoisotopic (exact) mass is 561 g/mol. The molecule has 0 unspecified atom stereocenters. The lowest BCUT2D eigenvalue weighted by Crippen LogP contribution is -2.40.